The number of aliphatic hydroxyl groups excluding tert-OH is 4. The monoisotopic (exact) mass is 1970 g/mol. The highest BCUT2D eigenvalue weighted by atomic mass is 35.5. The van der Waals surface area contributed by atoms with Gasteiger partial charge in [0.05, 0.1) is 96.3 Å². The van der Waals surface area contributed by atoms with Crippen molar-refractivity contribution in [3.63, 3.8) is 0 Å². The van der Waals surface area contributed by atoms with Crippen LogP contribution in [-0.2, 0) is 20.8 Å². The summed E-state index contributed by atoms with van der Waals surface area (Å²) in [6, 6.07) is 50.9. The number of ether oxygens (including phenoxy) is 3. The number of nitrogens with zero attached hydrogens (tertiary/aromatic N) is 8. The first-order valence-corrected chi connectivity index (χ1v) is 46.5. The molecule has 10 heterocycles. The molecule has 37 heteroatoms. The molecule has 4 aromatic heterocycles. The third kappa shape index (κ3) is 22.9. The minimum absolute atomic E-state index is 0.0437. The Morgan fingerprint density at radius 1 is 0.453 bits per heavy atom. The number of halogens is 7. The van der Waals surface area contributed by atoms with Crippen molar-refractivity contribution in [2.75, 3.05) is 82.2 Å². The number of nitrogens with two attached hydrogens (primary N) is 4. The Balaban J connectivity index is 0.000000134. The minimum Gasteiger partial charge on any atom is -0.469 e. The SMILES string of the molecule is N=C1OC[C@@H]2C[C@H](c3cnc(N)c(-c4ccc(C(=O)N[C@H](CO)c5cccc(Cl)c5)c(F)c4)c3)CN12.Nc1ncc([C@H]2CCC[C@@H](O)C2)nc1-c1ccc(C(=O)NCc2ccccc2)c(F)c1.Nc1ncc([C@H]2C[C@H]3COC(=O)N3C2)cc1-c1ccc(C(=O)N[C@H](CO)c2cccc(Cl)c2)c(F)c1.Nc1ncc([C@H]2C[C@H]3COC(=S)N3C2)cc1-c1ccc(C(=O)N[C@H](CO)c2cccc(Cl)c2)c(F)c1. The second kappa shape index (κ2) is 43.8. The maximum atomic E-state index is 15.1. The molecule has 7 aliphatic rings. The number of nitrogens with one attached hydrogen (secondary N) is 5. The third-order valence-corrected chi connectivity index (χ3v) is 26.9. The average Bonchev–Trinajstić information content (AvgIpc) is 1.79. The van der Waals surface area contributed by atoms with Crippen molar-refractivity contribution >= 4 is 111 Å². The van der Waals surface area contributed by atoms with E-state index in [1.165, 1.54) is 48.5 Å². The first-order chi connectivity index (χ1) is 67.0. The standard InChI is InChI=1S/C26H25ClFN5O3.C26H24ClFN4O4.C26H24ClFN4O3S.C24H25FN4O2/c27-18-3-1-2-15(6-18)23(12-34)32-25(35)20-5-4-14(9-22(20)28)21-8-16(10-31-24(21)29)17-7-19-13-36-26(30)33(19)11-17;27-18-3-1-2-15(6-18)23(12-33)31-25(34)20-5-4-14(9-22(20)28)21-8-16(10-30-24(21)29)17-7-19-13-36-26(35)32(19)11-17;27-18-3-1-2-15(6-18)23(12-33)31-25(34)20-5-4-14(9-22(20)28)21-8-16(10-30-24(21)29)17-7-19-13-35-26(36)32(19)11-17;25-20-12-17(9-10-19(20)24(31)28-13-15-5-2-1-3-6-15)22-23(26)27-14-21(29-22)16-7-4-8-18(30)11-16/h1-6,8-10,17,19,23,30,34H,7,11-13H2,(H2,29,31)(H,32,35);2*1-6,8-10,17,19,23,33H,7,11-13H2,(H2,29,30)(H,31,34);1-3,5-6,9-10,12,14,16,18,30H,4,7-8,11,13H2,(H2,26,27)(H,28,31)/t3*17-,19-,23+;16-,18+/m0000/s1. The number of thiocarbonyl (C=S) groups is 1. The molecule has 29 nitrogen and oxygen atoms in total. The van der Waals surface area contributed by atoms with Crippen molar-refractivity contribution in [3.8, 4) is 44.6 Å². The molecule has 1 saturated carbocycles. The highest BCUT2D eigenvalue weighted by Crippen LogP contribution is 2.43. The Bertz CT molecular complexity index is 6170. The van der Waals surface area contributed by atoms with Crippen molar-refractivity contribution in [2.24, 2.45) is 0 Å². The Labute approximate surface area is 817 Å². The number of aromatic nitrogens is 5. The molecule has 11 atom stereocenters. The molecular weight excluding hydrogens is 1870 g/mol. The number of cyclic esters (lactones) is 1. The molecule has 0 radical (unpaired) electrons. The molecular formula is C102H98Cl3F4N17O12S. The van der Waals surface area contributed by atoms with Crippen LogP contribution >= 0.6 is 47.0 Å². The number of hydrogen-bond donors (Lipinski definition) is 13. The van der Waals surface area contributed by atoms with Crippen LogP contribution in [0.25, 0.3) is 44.6 Å². The fourth-order valence-electron chi connectivity index (χ4n) is 18.4. The van der Waals surface area contributed by atoms with Crippen LogP contribution in [0.2, 0.25) is 15.1 Å². The minimum atomic E-state index is -0.745. The van der Waals surface area contributed by atoms with Gasteiger partial charge in [0.2, 0.25) is 0 Å². The Morgan fingerprint density at radius 2 is 0.849 bits per heavy atom. The number of anilines is 4. The summed E-state index contributed by atoms with van der Waals surface area (Å²) in [7, 11) is 0. The van der Waals surface area contributed by atoms with E-state index in [9.17, 15) is 48.8 Å². The zero-order chi connectivity index (χ0) is 98.0. The second-order valence-electron chi connectivity index (χ2n) is 34.9. The number of amides is 5. The van der Waals surface area contributed by atoms with Crippen LogP contribution in [-0.4, -0.2) is 184 Å². The Morgan fingerprint density at radius 3 is 1.27 bits per heavy atom. The van der Waals surface area contributed by atoms with Gasteiger partial charge in [-0.2, -0.15) is 0 Å². The van der Waals surface area contributed by atoms with Crippen LogP contribution in [0.1, 0.15) is 173 Å². The van der Waals surface area contributed by atoms with E-state index in [0.717, 1.165) is 73.0 Å². The number of carbonyl (C=O) groups excluding carboxylic acids is 5. The van der Waals surface area contributed by atoms with Crippen LogP contribution in [0.15, 0.2) is 219 Å². The van der Waals surface area contributed by atoms with Gasteiger partial charge in [-0.25, -0.2) is 47.3 Å². The van der Waals surface area contributed by atoms with E-state index in [4.69, 9.17) is 89.6 Å². The number of benzene rings is 8. The summed E-state index contributed by atoms with van der Waals surface area (Å²) < 4.78 is 75.9. The van der Waals surface area contributed by atoms with Crippen molar-refractivity contribution in [1.29, 1.82) is 5.41 Å². The van der Waals surface area contributed by atoms with E-state index in [1.54, 1.807) is 127 Å². The van der Waals surface area contributed by atoms with Crippen molar-refractivity contribution in [1.82, 2.24) is 60.9 Å². The van der Waals surface area contributed by atoms with Gasteiger partial charge >= 0.3 is 6.09 Å². The molecule has 7 fully saturated rings. The highest BCUT2D eigenvalue weighted by molar-refractivity contribution is 7.80. The fourth-order valence-corrected chi connectivity index (χ4v) is 19.3. The molecule has 718 valence electrons. The molecule has 5 amide bonds. The zero-order valence-corrected chi connectivity index (χ0v) is 77.7. The number of carbonyl (C=O) groups is 5. The van der Waals surface area contributed by atoms with Gasteiger partial charge in [0, 0.05) is 106 Å². The summed E-state index contributed by atoms with van der Waals surface area (Å²) in [5.41, 5.74) is 34.3. The molecule has 8 aromatic carbocycles. The van der Waals surface area contributed by atoms with Crippen molar-refractivity contribution in [3.05, 3.63) is 324 Å². The summed E-state index contributed by atoms with van der Waals surface area (Å²) in [6.07, 6.45) is 11.9. The van der Waals surface area contributed by atoms with Gasteiger partial charge in [0.1, 0.15) is 72.1 Å². The van der Waals surface area contributed by atoms with Gasteiger partial charge in [0.25, 0.3) is 34.8 Å². The molecule has 0 unspecified atom stereocenters. The zero-order valence-electron chi connectivity index (χ0n) is 74.7. The summed E-state index contributed by atoms with van der Waals surface area (Å²) in [5.74, 6) is -3.78. The molecule has 0 bridgehead atoms. The van der Waals surface area contributed by atoms with Gasteiger partial charge in [-0.1, -0.05) is 132 Å². The molecule has 6 aliphatic heterocycles. The van der Waals surface area contributed by atoms with Crippen LogP contribution in [0.5, 0.6) is 0 Å². The molecule has 6 saturated heterocycles. The lowest BCUT2D eigenvalue weighted by molar-refractivity contribution is 0.0904. The average molecular weight is 1970 g/mol. The first-order valence-electron chi connectivity index (χ1n) is 45.0. The number of pyridine rings is 3. The summed E-state index contributed by atoms with van der Waals surface area (Å²) >= 11 is 23.3. The smallest absolute Gasteiger partial charge is 0.410 e. The van der Waals surface area contributed by atoms with Gasteiger partial charge in [-0.15, -0.1) is 0 Å². The van der Waals surface area contributed by atoms with E-state index >= 15 is 13.2 Å². The number of aliphatic hydroxyl groups is 4. The molecule has 139 heavy (non-hydrogen) atoms. The van der Waals surface area contributed by atoms with Crippen LogP contribution in [0.4, 0.5) is 45.6 Å². The molecule has 0 spiro atoms. The number of nitrogen functional groups attached to an aromatic ring is 4. The second-order valence-corrected chi connectivity index (χ2v) is 36.5. The molecule has 12 aromatic rings. The molecule has 17 N–H and O–H groups in total. The van der Waals surface area contributed by atoms with Gasteiger partial charge in [-0.3, -0.25) is 24.6 Å². The summed E-state index contributed by atoms with van der Waals surface area (Å²) in [5, 5.41) is 59.7. The Hall–Kier alpha value is -14.0. The predicted octanol–water partition coefficient (Wildman–Crippen LogP) is 15.5. The predicted molar refractivity (Wildman–Crippen MR) is 522 cm³/mol. The quantitative estimate of drug-likeness (QED) is 0.0209. The number of amidine groups is 1. The van der Waals surface area contributed by atoms with Crippen LogP contribution in [0, 0.1) is 28.7 Å². The largest absolute Gasteiger partial charge is 0.469 e. The lowest BCUT2D eigenvalue weighted by atomic mass is 9.85. The summed E-state index contributed by atoms with van der Waals surface area (Å²) in [4.78, 5) is 90.2. The lowest BCUT2D eigenvalue weighted by Gasteiger charge is -2.25. The van der Waals surface area contributed by atoms with Crippen molar-refractivity contribution in [2.45, 2.75) is 118 Å². The molecule has 1 aliphatic carbocycles. The van der Waals surface area contributed by atoms with Gasteiger partial charge < -0.3 is 93.5 Å². The summed E-state index contributed by atoms with van der Waals surface area (Å²) in [6.45, 7) is 2.60. The number of hydrogen-bond acceptors (Lipinski definition) is 23. The van der Waals surface area contributed by atoms with E-state index in [1.807, 2.05) is 53.4 Å². The van der Waals surface area contributed by atoms with E-state index in [-0.39, 0.29) is 125 Å². The van der Waals surface area contributed by atoms with Crippen molar-refractivity contribution < 1.29 is 76.2 Å². The maximum absolute atomic E-state index is 15.1. The highest BCUT2D eigenvalue weighted by Gasteiger charge is 2.44. The normalized spacial score (nSPS) is 19.4. The first kappa shape index (κ1) is 98.1. The molecule has 19 rings (SSSR count). The van der Waals surface area contributed by atoms with E-state index in [0.29, 0.717) is 127 Å². The van der Waals surface area contributed by atoms with Gasteiger partial charge in [-0.05, 0) is 210 Å². The Kier molecular flexibility index (Phi) is 30.9. The number of fused-ring (bicyclic) bond motifs is 3. The lowest BCUT2D eigenvalue weighted by Crippen LogP contribution is -2.31. The van der Waals surface area contributed by atoms with E-state index in [2.05, 4.69) is 51.1 Å². The van der Waals surface area contributed by atoms with Crippen LogP contribution in [0.3, 0.4) is 0 Å². The fraction of sp³-hybridized carbons (Fsp3) is 0.275. The maximum Gasteiger partial charge on any atom is 0.410 e. The van der Waals surface area contributed by atoms with Crippen LogP contribution < -0.4 is 44.2 Å². The van der Waals surface area contributed by atoms with E-state index < -0.39 is 65.0 Å². The van der Waals surface area contributed by atoms with Gasteiger partial charge in [0.15, 0.2) is 0 Å². The number of rotatable bonds is 23. The third-order valence-electron chi connectivity index (χ3n) is 25.9. The topological polar surface area (TPSA) is 444 Å².